The van der Waals surface area contributed by atoms with Crippen molar-refractivity contribution in [3.63, 3.8) is 0 Å². The highest BCUT2D eigenvalue weighted by Crippen LogP contribution is 2.35. The molecule has 0 aliphatic carbocycles. The second kappa shape index (κ2) is 6.72. The maximum Gasteiger partial charge on any atom is 0.152 e. The Morgan fingerprint density at radius 3 is 2.73 bits per heavy atom. The summed E-state index contributed by atoms with van der Waals surface area (Å²) in [5.41, 5.74) is 3.63. The molecule has 0 spiro atoms. The van der Waals surface area contributed by atoms with Gasteiger partial charge in [0, 0.05) is 33.6 Å². The minimum Gasteiger partial charge on any atom is -0.388 e. The number of aromatic nitrogens is 5. The van der Waals surface area contributed by atoms with Crippen molar-refractivity contribution in [2.75, 3.05) is 0 Å². The number of hydrogen-bond acceptors (Lipinski definition) is 4. The summed E-state index contributed by atoms with van der Waals surface area (Å²) in [7, 11) is 1.89. The van der Waals surface area contributed by atoms with E-state index in [0.717, 1.165) is 27.7 Å². The van der Waals surface area contributed by atoms with Gasteiger partial charge in [-0.1, -0.05) is 47.5 Å². The molecule has 4 rings (SSSR count). The van der Waals surface area contributed by atoms with Crippen molar-refractivity contribution < 1.29 is 5.11 Å². The van der Waals surface area contributed by atoms with Crippen LogP contribution in [-0.4, -0.2) is 29.7 Å². The number of nitrogens with zero attached hydrogens (tertiary/aromatic N) is 5. The first-order chi connectivity index (χ1) is 12.6. The van der Waals surface area contributed by atoms with Crippen LogP contribution < -0.4 is 0 Å². The summed E-state index contributed by atoms with van der Waals surface area (Å²) in [5.74, 6) is 0.510. The number of aliphatic hydroxyl groups is 1. The Balaban J connectivity index is 1.86. The monoisotopic (exact) mass is 387 g/mol. The molecule has 2 aromatic carbocycles. The lowest BCUT2D eigenvalue weighted by Crippen LogP contribution is -2.10. The zero-order valence-electron chi connectivity index (χ0n) is 13.9. The smallest absolute Gasteiger partial charge is 0.152 e. The number of aliphatic hydroxyl groups excluding tert-OH is 1. The molecule has 0 saturated carbocycles. The Kier molecular flexibility index (Phi) is 4.40. The highest BCUT2D eigenvalue weighted by molar-refractivity contribution is 6.36. The van der Waals surface area contributed by atoms with Crippen LogP contribution in [0.1, 0.15) is 11.5 Å². The number of hydrogen-bond donors (Lipinski definition) is 1. The SMILES string of the molecule is Cn1nc2c(-c3ccc(Cl)cc3Cl)cccc2c1Cn1ncnc1CO. The molecule has 26 heavy (non-hydrogen) atoms. The quantitative estimate of drug-likeness (QED) is 0.579. The second-order valence-corrected chi connectivity index (χ2v) is 6.73. The van der Waals surface area contributed by atoms with Crippen LogP contribution >= 0.6 is 23.2 Å². The first-order valence-electron chi connectivity index (χ1n) is 7.96. The molecule has 0 aliphatic heterocycles. The van der Waals surface area contributed by atoms with Crippen molar-refractivity contribution in [2.45, 2.75) is 13.2 Å². The van der Waals surface area contributed by atoms with Gasteiger partial charge < -0.3 is 5.11 Å². The molecule has 6 nitrogen and oxygen atoms in total. The van der Waals surface area contributed by atoms with Gasteiger partial charge in [-0.3, -0.25) is 4.68 Å². The summed E-state index contributed by atoms with van der Waals surface area (Å²) < 4.78 is 3.49. The van der Waals surface area contributed by atoms with Gasteiger partial charge in [-0.15, -0.1) is 0 Å². The lowest BCUT2D eigenvalue weighted by molar-refractivity contribution is 0.263. The van der Waals surface area contributed by atoms with Gasteiger partial charge in [0.25, 0.3) is 0 Å². The number of aryl methyl sites for hydroxylation is 1. The fourth-order valence-corrected chi connectivity index (χ4v) is 3.58. The first-order valence-corrected chi connectivity index (χ1v) is 8.71. The van der Waals surface area contributed by atoms with Crippen LogP contribution in [-0.2, 0) is 20.2 Å². The van der Waals surface area contributed by atoms with Crippen LogP contribution in [0.15, 0.2) is 42.7 Å². The van der Waals surface area contributed by atoms with Gasteiger partial charge >= 0.3 is 0 Å². The van der Waals surface area contributed by atoms with Crippen LogP contribution in [0, 0.1) is 0 Å². The molecule has 0 amide bonds. The fourth-order valence-electron chi connectivity index (χ4n) is 3.07. The van der Waals surface area contributed by atoms with Gasteiger partial charge in [-0.2, -0.15) is 10.2 Å². The molecule has 0 radical (unpaired) electrons. The highest BCUT2D eigenvalue weighted by atomic mass is 35.5. The zero-order chi connectivity index (χ0) is 18.3. The summed E-state index contributed by atoms with van der Waals surface area (Å²) in [6.07, 6.45) is 1.43. The standard InChI is InChI=1S/C18H15Cl2N5O/c1-24-16(8-25-17(9-26)21-10-22-25)14-4-2-3-13(18(14)23-24)12-6-5-11(19)7-15(12)20/h2-7,10,26H,8-9H2,1H3. The second-order valence-electron chi connectivity index (χ2n) is 5.89. The number of halogens is 2. The minimum absolute atomic E-state index is 0.165. The predicted molar refractivity (Wildman–Crippen MR) is 101 cm³/mol. The molecule has 4 aromatic rings. The highest BCUT2D eigenvalue weighted by Gasteiger charge is 2.16. The molecular weight excluding hydrogens is 373 g/mol. The Morgan fingerprint density at radius 2 is 1.96 bits per heavy atom. The lowest BCUT2D eigenvalue weighted by atomic mass is 10.0. The van der Waals surface area contributed by atoms with Gasteiger partial charge in [0.05, 0.1) is 12.2 Å². The molecule has 132 valence electrons. The average molecular weight is 388 g/mol. The van der Waals surface area contributed by atoms with Gasteiger partial charge in [0.15, 0.2) is 5.82 Å². The Hall–Kier alpha value is -2.41. The first kappa shape index (κ1) is 17.0. The Bertz CT molecular complexity index is 1100. The third-order valence-electron chi connectivity index (χ3n) is 4.35. The van der Waals surface area contributed by atoms with E-state index >= 15 is 0 Å². The molecule has 8 heteroatoms. The third kappa shape index (κ3) is 2.86. The van der Waals surface area contributed by atoms with Gasteiger partial charge in [0.1, 0.15) is 18.5 Å². The Morgan fingerprint density at radius 1 is 1.12 bits per heavy atom. The van der Waals surface area contributed by atoms with Gasteiger partial charge in [-0.25, -0.2) is 9.67 Å². The summed E-state index contributed by atoms with van der Waals surface area (Å²) in [4.78, 5) is 4.05. The topological polar surface area (TPSA) is 68.8 Å². The fraction of sp³-hybridized carbons (Fsp3) is 0.167. The molecule has 0 atom stereocenters. The molecule has 0 fully saturated rings. The van der Waals surface area contributed by atoms with E-state index in [1.807, 2.05) is 42.1 Å². The van der Waals surface area contributed by atoms with E-state index < -0.39 is 0 Å². The largest absolute Gasteiger partial charge is 0.388 e. The molecule has 0 aliphatic rings. The summed E-state index contributed by atoms with van der Waals surface area (Å²) in [6, 6.07) is 11.4. The number of fused-ring (bicyclic) bond motifs is 1. The van der Waals surface area contributed by atoms with Crippen LogP contribution in [0.4, 0.5) is 0 Å². The molecule has 0 saturated heterocycles. The molecule has 1 N–H and O–H groups in total. The summed E-state index contributed by atoms with van der Waals surface area (Å²) >= 11 is 12.4. The zero-order valence-corrected chi connectivity index (χ0v) is 15.4. The van der Waals surface area contributed by atoms with Crippen LogP contribution in [0.5, 0.6) is 0 Å². The van der Waals surface area contributed by atoms with Crippen LogP contribution in [0.3, 0.4) is 0 Å². The number of rotatable bonds is 4. The van der Waals surface area contributed by atoms with E-state index in [4.69, 9.17) is 28.3 Å². The lowest BCUT2D eigenvalue weighted by Gasteiger charge is -2.07. The van der Waals surface area contributed by atoms with Crippen molar-refractivity contribution in [2.24, 2.45) is 7.05 Å². The van der Waals surface area contributed by atoms with E-state index in [-0.39, 0.29) is 6.61 Å². The summed E-state index contributed by atoms with van der Waals surface area (Å²) in [5, 5.41) is 20.4. The Labute approximate surface area is 159 Å². The van der Waals surface area contributed by atoms with Crippen molar-refractivity contribution >= 4 is 34.1 Å². The number of benzene rings is 2. The summed E-state index contributed by atoms with van der Waals surface area (Å²) in [6.45, 7) is 0.294. The van der Waals surface area contributed by atoms with E-state index in [0.29, 0.717) is 22.4 Å². The molecule has 0 bridgehead atoms. The van der Waals surface area contributed by atoms with Crippen LogP contribution in [0.25, 0.3) is 22.0 Å². The molecule has 0 unspecified atom stereocenters. The minimum atomic E-state index is -0.165. The van der Waals surface area contributed by atoms with Crippen molar-refractivity contribution in [1.82, 2.24) is 24.5 Å². The van der Waals surface area contributed by atoms with E-state index in [1.54, 1.807) is 10.7 Å². The third-order valence-corrected chi connectivity index (χ3v) is 4.89. The van der Waals surface area contributed by atoms with Gasteiger partial charge in [0.2, 0.25) is 0 Å². The molecular formula is C18H15Cl2N5O. The predicted octanol–water partition coefficient (Wildman–Crippen LogP) is 3.68. The van der Waals surface area contributed by atoms with Crippen molar-refractivity contribution in [3.8, 4) is 11.1 Å². The maximum atomic E-state index is 9.39. The van der Waals surface area contributed by atoms with Gasteiger partial charge in [-0.05, 0) is 12.1 Å². The van der Waals surface area contributed by atoms with E-state index in [9.17, 15) is 5.11 Å². The van der Waals surface area contributed by atoms with E-state index in [2.05, 4.69) is 10.1 Å². The normalized spacial score (nSPS) is 11.4. The van der Waals surface area contributed by atoms with E-state index in [1.165, 1.54) is 6.33 Å². The van der Waals surface area contributed by atoms with Crippen molar-refractivity contribution in [1.29, 1.82) is 0 Å². The average Bonchev–Trinajstić information content (AvgIpc) is 3.20. The molecule has 2 aromatic heterocycles. The molecule has 2 heterocycles. The maximum absolute atomic E-state index is 9.39. The van der Waals surface area contributed by atoms with Crippen LogP contribution in [0.2, 0.25) is 10.0 Å². The van der Waals surface area contributed by atoms with Crippen molar-refractivity contribution in [3.05, 3.63) is 64.3 Å².